The second-order valence-electron chi connectivity index (χ2n) is 7.13. The van der Waals surface area contributed by atoms with Gasteiger partial charge in [0.25, 0.3) is 0 Å². The smallest absolute Gasteiger partial charge is 0.229 e. The minimum Gasteiger partial charge on any atom is -0.340 e. The van der Waals surface area contributed by atoms with Crippen molar-refractivity contribution in [3.8, 4) is 0 Å². The maximum atomic E-state index is 12.7. The molecule has 0 aromatic rings. The molecule has 0 bridgehead atoms. The monoisotopic (exact) mass is 281 g/mol. The number of amides is 1. The van der Waals surface area contributed by atoms with Crippen LogP contribution in [0.1, 0.15) is 46.0 Å². The summed E-state index contributed by atoms with van der Waals surface area (Å²) < 4.78 is 0. The maximum Gasteiger partial charge on any atom is 0.229 e. The molecule has 0 unspecified atom stereocenters. The third kappa shape index (κ3) is 3.95. The first-order valence-corrected chi connectivity index (χ1v) is 8.21. The zero-order valence-corrected chi connectivity index (χ0v) is 13.5. The Bertz CT molecular complexity index is 318. The molecule has 1 aliphatic heterocycles. The van der Waals surface area contributed by atoms with E-state index < -0.39 is 0 Å². The molecule has 1 aliphatic carbocycles. The molecule has 0 aromatic heterocycles. The molecule has 0 spiro atoms. The van der Waals surface area contributed by atoms with Gasteiger partial charge in [-0.05, 0) is 33.7 Å². The van der Waals surface area contributed by atoms with Gasteiger partial charge in [-0.2, -0.15) is 0 Å². The Balaban J connectivity index is 1.89. The lowest BCUT2D eigenvalue weighted by Crippen LogP contribution is -2.53. The van der Waals surface area contributed by atoms with Crippen LogP contribution in [0, 0.1) is 5.41 Å². The van der Waals surface area contributed by atoms with Gasteiger partial charge in [-0.3, -0.25) is 4.79 Å². The van der Waals surface area contributed by atoms with Gasteiger partial charge >= 0.3 is 0 Å². The van der Waals surface area contributed by atoms with Crippen molar-refractivity contribution in [2.75, 3.05) is 39.8 Å². The summed E-state index contributed by atoms with van der Waals surface area (Å²) in [5, 5.41) is 3.31. The van der Waals surface area contributed by atoms with E-state index in [1.54, 1.807) is 0 Å². The molecule has 116 valence electrons. The Morgan fingerprint density at radius 2 is 1.80 bits per heavy atom. The van der Waals surface area contributed by atoms with Gasteiger partial charge in [0, 0.05) is 38.8 Å². The summed E-state index contributed by atoms with van der Waals surface area (Å²) in [4.78, 5) is 17.2. The first-order valence-electron chi connectivity index (χ1n) is 8.21. The fourth-order valence-electron chi connectivity index (χ4n) is 3.64. The summed E-state index contributed by atoms with van der Waals surface area (Å²) in [7, 11) is 2.20. The Kier molecular flexibility index (Phi) is 5.44. The van der Waals surface area contributed by atoms with Gasteiger partial charge in [0.2, 0.25) is 5.91 Å². The van der Waals surface area contributed by atoms with Crippen molar-refractivity contribution in [2.45, 2.75) is 52.0 Å². The van der Waals surface area contributed by atoms with Gasteiger partial charge in [-0.1, -0.05) is 19.3 Å². The van der Waals surface area contributed by atoms with Crippen LogP contribution in [-0.2, 0) is 4.79 Å². The third-order valence-corrected chi connectivity index (χ3v) is 4.83. The minimum absolute atomic E-state index is 0.274. The molecule has 4 nitrogen and oxygen atoms in total. The van der Waals surface area contributed by atoms with Crippen molar-refractivity contribution in [1.82, 2.24) is 15.1 Å². The van der Waals surface area contributed by atoms with Crippen molar-refractivity contribution in [1.29, 1.82) is 0 Å². The molecule has 0 atom stereocenters. The summed E-state index contributed by atoms with van der Waals surface area (Å²) in [6.07, 6.45) is 6.68. The highest BCUT2D eigenvalue weighted by molar-refractivity contribution is 5.82. The molecule has 0 aromatic carbocycles. The van der Waals surface area contributed by atoms with E-state index in [1.165, 1.54) is 32.1 Å². The van der Waals surface area contributed by atoms with E-state index in [4.69, 9.17) is 0 Å². The Hall–Kier alpha value is -0.610. The maximum absolute atomic E-state index is 12.7. The summed E-state index contributed by atoms with van der Waals surface area (Å²) in [5.74, 6) is 0.321. The summed E-state index contributed by atoms with van der Waals surface area (Å²) in [6, 6.07) is 0.679. The molecule has 2 rings (SSSR count). The average Bonchev–Trinajstić information content (AvgIpc) is 2.48. The van der Waals surface area contributed by atoms with Crippen molar-refractivity contribution in [3.63, 3.8) is 0 Å². The minimum atomic E-state index is -0.274. The highest BCUT2D eigenvalue weighted by Crippen LogP contribution is 2.26. The van der Waals surface area contributed by atoms with Crippen LogP contribution >= 0.6 is 0 Å². The Morgan fingerprint density at radius 1 is 1.20 bits per heavy atom. The van der Waals surface area contributed by atoms with E-state index in [0.717, 1.165) is 32.7 Å². The molecule has 1 heterocycles. The van der Waals surface area contributed by atoms with Gasteiger partial charge in [-0.15, -0.1) is 0 Å². The van der Waals surface area contributed by atoms with E-state index in [1.807, 2.05) is 4.90 Å². The summed E-state index contributed by atoms with van der Waals surface area (Å²) >= 11 is 0. The summed E-state index contributed by atoms with van der Waals surface area (Å²) in [5.41, 5.74) is -0.274. The average molecular weight is 281 g/mol. The second kappa shape index (κ2) is 6.90. The molecule has 2 aliphatic rings. The van der Waals surface area contributed by atoms with E-state index in [-0.39, 0.29) is 5.41 Å². The molecular formula is C16H31N3O. The molecule has 4 heteroatoms. The molecule has 1 saturated heterocycles. The van der Waals surface area contributed by atoms with Crippen LogP contribution in [-0.4, -0.2) is 61.5 Å². The number of nitrogens with zero attached hydrogens (tertiary/aromatic N) is 2. The lowest BCUT2D eigenvalue weighted by Gasteiger charge is -2.39. The van der Waals surface area contributed by atoms with Crippen LogP contribution in [0.2, 0.25) is 0 Å². The van der Waals surface area contributed by atoms with Crippen LogP contribution in [0.15, 0.2) is 0 Å². The molecule has 1 N–H and O–H groups in total. The van der Waals surface area contributed by atoms with E-state index in [9.17, 15) is 4.79 Å². The van der Waals surface area contributed by atoms with Crippen LogP contribution in [0.3, 0.4) is 0 Å². The van der Waals surface area contributed by atoms with Crippen molar-refractivity contribution < 1.29 is 4.79 Å². The van der Waals surface area contributed by atoms with Gasteiger partial charge < -0.3 is 15.1 Å². The van der Waals surface area contributed by atoms with Gasteiger partial charge in [0.1, 0.15) is 0 Å². The first kappa shape index (κ1) is 15.8. The Morgan fingerprint density at radius 3 is 2.40 bits per heavy atom. The van der Waals surface area contributed by atoms with E-state index in [2.05, 4.69) is 31.1 Å². The highest BCUT2D eigenvalue weighted by atomic mass is 16.2. The van der Waals surface area contributed by atoms with E-state index in [0.29, 0.717) is 11.9 Å². The van der Waals surface area contributed by atoms with Crippen LogP contribution < -0.4 is 5.32 Å². The van der Waals surface area contributed by atoms with Crippen molar-refractivity contribution >= 4 is 5.91 Å². The van der Waals surface area contributed by atoms with Crippen LogP contribution in [0.25, 0.3) is 0 Å². The first-order chi connectivity index (χ1) is 9.50. The zero-order chi connectivity index (χ0) is 14.6. The number of hydrogen-bond acceptors (Lipinski definition) is 3. The standard InChI is InChI=1S/C16H31N3O/c1-16(2,15(20)19-11-9-17-10-12-19)13-18(3)14-7-5-4-6-8-14/h14,17H,4-13H2,1-3H3. The van der Waals surface area contributed by atoms with Gasteiger partial charge in [0.05, 0.1) is 5.41 Å². The summed E-state index contributed by atoms with van der Waals surface area (Å²) in [6.45, 7) is 8.67. The van der Waals surface area contributed by atoms with Crippen LogP contribution in [0.5, 0.6) is 0 Å². The third-order valence-electron chi connectivity index (χ3n) is 4.83. The lowest BCUT2D eigenvalue weighted by molar-refractivity contribution is -0.142. The van der Waals surface area contributed by atoms with Crippen molar-refractivity contribution in [3.05, 3.63) is 0 Å². The van der Waals surface area contributed by atoms with Crippen molar-refractivity contribution in [2.24, 2.45) is 5.41 Å². The molecule has 1 saturated carbocycles. The van der Waals surface area contributed by atoms with Crippen LogP contribution in [0.4, 0.5) is 0 Å². The molecule has 20 heavy (non-hydrogen) atoms. The fraction of sp³-hybridized carbons (Fsp3) is 0.938. The SMILES string of the molecule is CN(CC(C)(C)C(=O)N1CCNCC1)C1CCCCC1. The van der Waals surface area contributed by atoms with E-state index >= 15 is 0 Å². The number of piperazine rings is 1. The number of carbonyl (C=O) groups is 1. The number of nitrogens with one attached hydrogen (secondary N) is 1. The number of hydrogen-bond donors (Lipinski definition) is 1. The topological polar surface area (TPSA) is 35.6 Å². The Labute approximate surface area is 123 Å². The molecular weight excluding hydrogens is 250 g/mol. The number of rotatable bonds is 4. The fourth-order valence-corrected chi connectivity index (χ4v) is 3.64. The second-order valence-corrected chi connectivity index (χ2v) is 7.13. The van der Waals surface area contributed by atoms with Gasteiger partial charge in [0.15, 0.2) is 0 Å². The molecule has 0 radical (unpaired) electrons. The predicted octanol–water partition coefficient (Wildman–Crippen LogP) is 1.71. The zero-order valence-electron chi connectivity index (χ0n) is 13.5. The highest BCUT2D eigenvalue weighted by Gasteiger charge is 2.35. The predicted molar refractivity (Wildman–Crippen MR) is 82.7 cm³/mol. The lowest BCUT2D eigenvalue weighted by atomic mass is 9.88. The quantitative estimate of drug-likeness (QED) is 0.852. The van der Waals surface area contributed by atoms with Gasteiger partial charge in [-0.25, -0.2) is 0 Å². The normalized spacial score (nSPS) is 22.3. The largest absolute Gasteiger partial charge is 0.340 e. The number of carbonyl (C=O) groups excluding carboxylic acids is 1. The molecule has 2 fully saturated rings. The molecule has 1 amide bonds.